The van der Waals surface area contributed by atoms with E-state index in [1.807, 2.05) is 27.8 Å². The van der Waals surface area contributed by atoms with Crippen molar-refractivity contribution < 1.29 is 19.1 Å². The molecule has 2 atom stereocenters. The summed E-state index contributed by atoms with van der Waals surface area (Å²) in [6.45, 7) is 5.11. The highest BCUT2D eigenvalue weighted by molar-refractivity contribution is 5.85. The molecule has 0 spiro atoms. The minimum Gasteiger partial charge on any atom is -0.453 e. The first-order valence-electron chi connectivity index (χ1n) is 11.0. The highest BCUT2D eigenvalue weighted by atomic mass is 16.5. The van der Waals surface area contributed by atoms with Crippen LogP contribution >= 0.6 is 0 Å². The lowest BCUT2D eigenvalue weighted by Crippen LogP contribution is -2.50. The van der Waals surface area contributed by atoms with Crippen molar-refractivity contribution in [1.29, 1.82) is 0 Å². The number of carbonyl (C=O) groups excluding carboxylic acids is 2. The molecule has 1 aliphatic carbocycles. The number of aryl methyl sites for hydroxylation is 1. The minimum atomic E-state index is -0.436. The van der Waals surface area contributed by atoms with E-state index in [0.717, 1.165) is 42.4 Å². The van der Waals surface area contributed by atoms with Crippen LogP contribution in [0.1, 0.15) is 37.9 Å². The average Bonchev–Trinajstić information content (AvgIpc) is 3.57. The van der Waals surface area contributed by atoms with Gasteiger partial charge in [0.05, 0.1) is 31.0 Å². The number of morpholine rings is 1. The summed E-state index contributed by atoms with van der Waals surface area (Å²) in [5, 5.41) is 11.9. The Morgan fingerprint density at radius 2 is 2.19 bits per heavy atom. The molecule has 2 heterocycles. The molecule has 1 saturated heterocycles. The van der Waals surface area contributed by atoms with Crippen molar-refractivity contribution in [3.8, 4) is 0 Å². The molecule has 31 heavy (non-hydrogen) atoms. The lowest BCUT2D eigenvalue weighted by molar-refractivity contribution is -0.148. The van der Waals surface area contributed by atoms with Crippen LogP contribution in [0, 0.1) is 0 Å². The first-order chi connectivity index (χ1) is 15.1. The number of ether oxygens (including phenoxy) is 2. The Hall–Kier alpha value is -2.65. The Morgan fingerprint density at radius 1 is 1.39 bits per heavy atom. The Morgan fingerprint density at radius 3 is 2.90 bits per heavy atom. The zero-order chi connectivity index (χ0) is 21.8. The fourth-order valence-corrected chi connectivity index (χ4v) is 4.19. The molecule has 1 aromatic carbocycles. The second-order valence-corrected chi connectivity index (χ2v) is 8.11. The van der Waals surface area contributed by atoms with E-state index < -0.39 is 12.2 Å². The quantitative estimate of drug-likeness (QED) is 0.622. The molecular weight excluding hydrogens is 398 g/mol. The van der Waals surface area contributed by atoms with Crippen LogP contribution < -0.4 is 10.6 Å². The van der Waals surface area contributed by atoms with Gasteiger partial charge in [0.1, 0.15) is 6.10 Å². The summed E-state index contributed by atoms with van der Waals surface area (Å²) in [6, 6.07) is 8.20. The van der Waals surface area contributed by atoms with Crippen LogP contribution in [0.15, 0.2) is 24.3 Å². The van der Waals surface area contributed by atoms with Gasteiger partial charge in [0, 0.05) is 37.6 Å². The van der Waals surface area contributed by atoms with E-state index in [0.29, 0.717) is 26.2 Å². The van der Waals surface area contributed by atoms with Crippen molar-refractivity contribution in [2.75, 3.05) is 33.4 Å². The number of fused-ring (bicyclic) bond motifs is 1. The zero-order valence-electron chi connectivity index (χ0n) is 18.2. The first kappa shape index (κ1) is 21.6. The van der Waals surface area contributed by atoms with E-state index in [2.05, 4.69) is 28.4 Å². The standard InChI is InChI=1S/C22H31N5O4/c1-15(27(16-8-9-16)21(28)19-14-23-11-13-31-19)20-17-6-3-4-7-18(17)26(25-20)12-5-10-24-22(29)30-2/h3-4,6-7,15-16,19,23H,5,8-14H2,1-2H3,(H,24,29)/t15-,19-/m1/s1. The van der Waals surface area contributed by atoms with Gasteiger partial charge < -0.3 is 25.0 Å². The average molecular weight is 430 g/mol. The predicted octanol–water partition coefficient (Wildman–Crippen LogP) is 1.82. The zero-order valence-corrected chi connectivity index (χ0v) is 18.2. The van der Waals surface area contributed by atoms with Gasteiger partial charge in [-0.1, -0.05) is 18.2 Å². The second-order valence-electron chi connectivity index (χ2n) is 8.11. The van der Waals surface area contributed by atoms with E-state index in [1.54, 1.807) is 0 Å². The molecule has 168 valence electrons. The smallest absolute Gasteiger partial charge is 0.406 e. The molecule has 2 amide bonds. The molecule has 0 radical (unpaired) electrons. The molecule has 9 nitrogen and oxygen atoms in total. The Balaban J connectivity index is 1.54. The highest BCUT2D eigenvalue weighted by Gasteiger charge is 2.41. The lowest BCUT2D eigenvalue weighted by atomic mass is 10.1. The monoisotopic (exact) mass is 429 g/mol. The van der Waals surface area contributed by atoms with Gasteiger partial charge in [0.2, 0.25) is 0 Å². The molecule has 2 aromatic rings. The summed E-state index contributed by atoms with van der Waals surface area (Å²) < 4.78 is 12.3. The number of nitrogens with one attached hydrogen (secondary N) is 2. The van der Waals surface area contributed by atoms with Gasteiger partial charge in [-0.25, -0.2) is 4.79 Å². The highest BCUT2D eigenvalue weighted by Crippen LogP contribution is 2.37. The van der Waals surface area contributed by atoms with Crippen LogP contribution in [0.5, 0.6) is 0 Å². The number of rotatable bonds is 8. The van der Waals surface area contributed by atoms with E-state index in [-0.39, 0.29) is 18.0 Å². The summed E-state index contributed by atoms with van der Waals surface area (Å²) in [7, 11) is 1.35. The maximum Gasteiger partial charge on any atom is 0.406 e. The number of benzene rings is 1. The van der Waals surface area contributed by atoms with E-state index in [4.69, 9.17) is 9.84 Å². The molecule has 1 saturated carbocycles. The summed E-state index contributed by atoms with van der Waals surface area (Å²) >= 11 is 0. The normalized spacial score (nSPS) is 19.7. The number of amides is 2. The summed E-state index contributed by atoms with van der Waals surface area (Å²) in [5.41, 5.74) is 1.93. The largest absolute Gasteiger partial charge is 0.453 e. The van der Waals surface area contributed by atoms with Crippen molar-refractivity contribution in [2.45, 2.75) is 50.9 Å². The Bertz CT molecular complexity index is 920. The van der Waals surface area contributed by atoms with Gasteiger partial charge in [-0.15, -0.1) is 0 Å². The molecule has 0 bridgehead atoms. The minimum absolute atomic E-state index is 0.0445. The molecule has 2 fully saturated rings. The molecule has 0 unspecified atom stereocenters. The molecule has 1 aliphatic heterocycles. The molecule has 4 rings (SSSR count). The second kappa shape index (κ2) is 9.65. The van der Waals surface area contributed by atoms with Crippen LogP contribution in [-0.2, 0) is 20.8 Å². The molecule has 2 aliphatic rings. The van der Waals surface area contributed by atoms with E-state index in [9.17, 15) is 9.59 Å². The SMILES string of the molecule is COC(=O)NCCCn1nc([C@@H](C)N(C(=O)[C@H]2CNCCO2)C2CC2)c2ccccc21. The van der Waals surface area contributed by atoms with E-state index in [1.165, 1.54) is 7.11 Å². The fraction of sp³-hybridized carbons (Fsp3) is 0.591. The number of aromatic nitrogens is 2. The summed E-state index contributed by atoms with van der Waals surface area (Å²) in [4.78, 5) is 26.6. The number of hydrogen-bond acceptors (Lipinski definition) is 6. The summed E-state index contributed by atoms with van der Waals surface area (Å²) in [5.74, 6) is 0.0445. The molecule has 9 heteroatoms. The Labute approximate surface area is 182 Å². The first-order valence-corrected chi connectivity index (χ1v) is 11.0. The molecule has 1 aromatic heterocycles. The lowest BCUT2D eigenvalue weighted by Gasteiger charge is -2.33. The van der Waals surface area contributed by atoms with Crippen molar-refractivity contribution in [2.24, 2.45) is 0 Å². The summed E-state index contributed by atoms with van der Waals surface area (Å²) in [6.07, 6.45) is 1.90. The van der Waals surface area contributed by atoms with Crippen LogP contribution in [0.3, 0.4) is 0 Å². The number of nitrogens with zero attached hydrogens (tertiary/aromatic N) is 3. The van der Waals surface area contributed by atoms with Gasteiger partial charge in [-0.3, -0.25) is 9.48 Å². The maximum absolute atomic E-state index is 13.3. The number of para-hydroxylation sites is 1. The van der Waals surface area contributed by atoms with Gasteiger partial charge in [-0.05, 0) is 32.3 Å². The Kier molecular flexibility index (Phi) is 6.72. The number of hydrogen-bond donors (Lipinski definition) is 2. The van der Waals surface area contributed by atoms with Crippen LogP contribution in [-0.4, -0.2) is 72.2 Å². The van der Waals surface area contributed by atoms with Crippen LogP contribution in [0.2, 0.25) is 0 Å². The van der Waals surface area contributed by atoms with Gasteiger partial charge >= 0.3 is 6.09 Å². The third-order valence-electron chi connectivity index (χ3n) is 5.90. The van der Waals surface area contributed by atoms with Crippen molar-refractivity contribution in [1.82, 2.24) is 25.3 Å². The van der Waals surface area contributed by atoms with Gasteiger partial charge in [0.25, 0.3) is 5.91 Å². The van der Waals surface area contributed by atoms with Crippen molar-refractivity contribution in [3.63, 3.8) is 0 Å². The third-order valence-corrected chi connectivity index (χ3v) is 5.90. The van der Waals surface area contributed by atoms with E-state index >= 15 is 0 Å². The van der Waals surface area contributed by atoms with Gasteiger partial charge in [-0.2, -0.15) is 5.10 Å². The number of alkyl carbamates (subject to hydrolysis) is 1. The van der Waals surface area contributed by atoms with Crippen molar-refractivity contribution in [3.05, 3.63) is 30.0 Å². The van der Waals surface area contributed by atoms with Crippen LogP contribution in [0.25, 0.3) is 10.9 Å². The predicted molar refractivity (Wildman–Crippen MR) is 116 cm³/mol. The number of carbonyl (C=O) groups is 2. The topological polar surface area (TPSA) is 97.7 Å². The number of methoxy groups -OCH3 is 1. The molecule has 2 N–H and O–H groups in total. The fourth-order valence-electron chi connectivity index (χ4n) is 4.19. The third kappa shape index (κ3) is 4.83. The van der Waals surface area contributed by atoms with Gasteiger partial charge in [0.15, 0.2) is 0 Å². The maximum atomic E-state index is 13.3. The van der Waals surface area contributed by atoms with Crippen LogP contribution in [0.4, 0.5) is 4.79 Å². The van der Waals surface area contributed by atoms with Crippen molar-refractivity contribution >= 4 is 22.9 Å². The molecular formula is C22H31N5O4.